The highest BCUT2D eigenvalue weighted by Gasteiger charge is 2.30. The Kier molecular flexibility index (Phi) is 3.87. The van der Waals surface area contributed by atoms with Gasteiger partial charge in [0.1, 0.15) is 12.2 Å². The van der Waals surface area contributed by atoms with E-state index in [9.17, 15) is 15.3 Å². The zero-order chi connectivity index (χ0) is 9.84. The molecule has 4 atom stereocenters. The molecule has 0 aromatic rings. The van der Waals surface area contributed by atoms with Gasteiger partial charge in [-0.2, -0.15) is 0 Å². The van der Waals surface area contributed by atoms with Gasteiger partial charge < -0.3 is 20.4 Å². The topological polar surface area (TPSA) is 80.9 Å². The Morgan fingerprint density at radius 1 is 1.15 bits per heavy atom. The summed E-state index contributed by atoms with van der Waals surface area (Å²) in [7, 11) is 0. The van der Waals surface area contributed by atoms with Gasteiger partial charge in [-0.25, -0.2) is 0 Å². The zero-order valence-electron chi connectivity index (χ0n) is 7.37. The standard InChI is InChI=1S/C9H16O4/c10-5-6-3-1-2-4-7(11)9(13)8(6)12/h2,4,6-13H,1,3,5H2/b4-2-/t6-,7-,8+,9-/m0/s1. The minimum atomic E-state index is -1.20. The number of aliphatic hydroxyl groups excluding tert-OH is 4. The fourth-order valence-electron chi connectivity index (χ4n) is 1.51. The van der Waals surface area contributed by atoms with Crippen LogP contribution in [-0.4, -0.2) is 45.3 Å². The quantitative estimate of drug-likeness (QED) is 0.399. The van der Waals surface area contributed by atoms with Crippen LogP contribution in [0.4, 0.5) is 0 Å². The van der Waals surface area contributed by atoms with E-state index in [1.807, 2.05) is 0 Å². The van der Waals surface area contributed by atoms with Gasteiger partial charge >= 0.3 is 0 Å². The monoisotopic (exact) mass is 188 g/mol. The van der Waals surface area contributed by atoms with Gasteiger partial charge in [-0.1, -0.05) is 12.2 Å². The van der Waals surface area contributed by atoms with Crippen LogP contribution in [0.5, 0.6) is 0 Å². The first kappa shape index (κ1) is 10.7. The van der Waals surface area contributed by atoms with Crippen LogP contribution < -0.4 is 0 Å². The van der Waals surface area contributed by atoms with Crippen LogP contribution in [-0.2, 0) is 0 Å². The Balaban J connectivity index is 2.69. The summed E-state index contributed by atoms with van der Waals surface area (Å²) in [6, 6.07) is 0. The van der Waals surface area contributed by atoms with Gasteiger partial charge in [0.15, 0.2) is 0 Å². The number of aliphatic hydroxyl groups is 4. The van der Waals surface area contributed by atoms with E-state index < -0.39 is 18.3 Å². The van der Waals surface area contributed by atoms with Gasteiger partial charge in [-0.05, 0) is 12.8 Å². The lowest BCUT2D eigenvalue weighted by molar-refractivity contribution is -0.0777. The molecule has 0 aromatic carbocycles. The highest BCUT2D eigenvalue weighted by atomic mass is 16.4. The van der Waals surface area contributed by atoms with Crippen LogP contribution in [0, 0.1) is 5.92 Å². The van der Waals surface area contributed by atoms with E-state index in [-0.39, 0.29) is 12.5 Å². The lowest BCUT2D eigenvalue weighted by Crippen LogP contribution is -2.42. The number of hydrogen-bond donors (Lipinski definition) is 4. The second-order valence-corrected chi connectivity index (χ2v) is 3.42. The predicted molar refractivity (Wildman–Crippen MR) is 47.0 cm³/mol. The maximum atomic E-state index is 9.51. The molecular formula is C9H16O4. The van der Waals surface area contributed by atoms with E-state index in [2.05, 4.69) is 0 Å². The summed E-state index contributed by atoms with van der Waals surface area (Å²) in [4.78, 5) is 0. The first-order chi connectivity index (χ1) is 6.16. The van der Waals surface area contributed by atoms with E-state index >= 15 is 0 Å². The lowest BCUT2D eigenvalue weighted by Gasteiger charge is -2.28. The average Bonchev–Trinajstić information content (AvgIpc) is 2.14. The molecule has 1 aliphatic rings. The molecule has 0 heterocycles. The molecule has 4 heteroatoms. The Morgan fingerprint density at radius 2 is 1.85 bits per heavy atom. The van der Waals surface area contributed by atoms with Crippen molar-refractivity contribution in [3.63, 3.8) is 0 Å². The van der Waals surface area contributed by atoms with Gasteiger partial charge in [0, 0.05) is 12.5 Å². The summed E-state index contributed by atoms with van der Waals surface area (Å²) >= 11 is 0. The summed E-state index contributed by atoms with van der Waals surface area (Å²) in [5, 5.41) is 37.1. The third-order valence-corrected chi connectivity index (χ3v) is 2.45. The molecule has 4 N–H and O–H groups in total. The molecule has 13 heavy (non-hydrogen) atoms. The van der Waals surface area contributed by atoms with E-state index in [0.717, 1.165) is 0 Å². The molecule has 76 valence electrons. The van der Waals surface area contributed by atoms with Crippen molar-refractivity contribution in [2.75, 3.05) is 6.61 Å². The molecule has 4 nitrogen and oxygen atoms in total. The van der Waals surface area contributed by atoms with Crippen molar-refractivity contribution in [2.24, 2.45) is 5.92 Å². The van der Waals surface area contributed by atoms with E-state index in [1.54, 1.807) is 6.08 Å². The third-order valence-electron chi connectivity index (χ3n) is 2.45. The highest BCUT2D eigenvalue weighted by Crippen LogP contribution is 2.19. The van der Waals surface area contributed by atoms with Crippen LogP contribution in [0.2, 0.25) is 0 Å². The molecule has 0 fully saturated rings. The number of allylic oxidation sites excluding steroid dienone is 1. The minimum absolute atomic E-state index is 0.168. The number of rotatable bonds is 1. The van der Waals surface area contributed by atoms with Gasteiger partial charge in [0.2, 0.25) is 0 Å². The van der Waals surface area contributed by atoms with Crippen LogP contribution in [0.3, 0.4) is 0 Å². The van der Waals surface area contributed by atoms with Gasteiger partial charge in [0.05, 0.1) is 6.10 Å². The molecule has 0 amide bonds. The normalized spacial score (nSPS) is 43.7. The fraction of sp³-hybridized carbons (Fsp3) is 0.778. The first-order valence-corrected chi connectivity index (χ1v) is 4.48. The molecule has 0 spiro atoms. The zero-order valence-corrected chi connectivity index (χ0v) is 7.37. The second kappa shape index (κ2) is 4.72. The average molecular weight is 188 g/mol. The lowest BCUT2D eigenvalue weighted by atomic mass is 9.89. The summed E-state index contributed by atoms with van der Waals surface area (Å²) in [6.07, 6.45) is 1.26. The van der Waals surface area contributed by atoms with Gasteiger partial charge in [0.25, 0.3) is 0 Å². The Morgan fingerprint density at radius 3 is 2.46 bits per heavy atom. The smallest absolute Gasteiger partial charge is 0.110 e. The summed E-state index contributed by atoms with van der Waals surface area (Å²) in [6.45, 7) is -0.168. The molecule has 1 aliphatic carbocycles. The summed E-state index contributed by atoms with van der Waals surface area (Å²) < 4.78 is 0. The molecule has 0 aliphatic heterocycles. The third kappa shape index (κ3) is 2.51. The Bertz CT molecular complexity index is 180. The number of hydrogen-bond acceptors (Lipinski definition) is 4. The molecule has 0 bridgehead atoms. The van der Waals surface area contributed by atoms with Gasteiger partial charge in [-0.15, -0.1) is 0 Å². The fourth-order valence-corrected chi connectivity index (χ4v) is 1.51. The summed E-state index contributed by atoms with van der Waals surface area (Å²) in [5.74, 6) is -0.352. The van der Waals surface area contributed by atoms with Crippen LogP contribution in [0.25, 0.3) is 0 Å². The highest BCUT2D eigenvalue weighted by molar-refractivity contribution is 4.98. The van der Waals surface area contributed by atoms with Crippen molar-refractivity contribution in [3.05, 3.63) is 12.2 Å². The largest absolute Gasteiger partial charge is 0.396 e. The maximum Gasteiger partial charge on any atom is 0.110 e. The molecule has 0 unspecified atom stereocenters. The van der Waals surface area contributed by atoms with Crippen LogP contribution >= 0.6 is 0 Å². The van der Waals surface area contributed by atoms with Crippen molar-refractivity contribution >= 4 is 0 Å². The molecule has 0 saturated heterocycles. The first-order valence-electron chi connectivity index (χ1n) is 4.48. The van der Waals surface area contributed by atoms with Crippen molar-refractivity contribution in [2.45, 2.75) is 31.2 Å². The van der Waals surface area contributed by atoms with Crippen molar-refractivity contribution in [1.29, 1.82) is 0 Å². The van der Waals surface area contributed by atoms with Crippen molar-refractivity contribution in [3.8, 4) is 0 Å². The second-order valence-electron chi connectivity index (χ2n) is 3.42. The Hall–Kier alpha value is -0.420. The molecular weight excluding hydrogens is 172 g/mol. The Labute approximate surface area is 77.1 Å². The van der Waals surface area contributed by atoms with Crippen molar-refractivity contribution < 1.29 is 20.4 Å². The molecule has 0 saturated carbocycles. The molecule has 0 radical (unpaired) electrons. The predicted octanol–water partition coefficient (Wildman–Crippen LogP) is -0.972. The molecule has 0 aromatic heterocycles. The van der Waals surface area contributed by atoms with Crippen LogP contribution in [0.1, 0.15) is 12.8 Å². The van der Waals surface area contributed by atoms with E-state index in [0.29, 0.717) is 12.8 Å². The van der Waals surface area contributed by atoms with Crippen molar-refractivity contribution in [1.82, 2.24) is 0 Å². The molecule has 1 rings (SSSR count). The summed E-state index contributed by atoms with van der Waals surface area (Å²) in [5.41, 5.74) is 0. The minimum Gasteiger partial charge on any atom is -0.396 e. The SMILES string of the molecule is OC[C@@H]1CC/C=C\[C@H](O)[C@H](O)[C@@H]1O. The van der Waals surface area contributed by atoms with E-state index in [1.165, 1.54) is 6.08 Å². The van der Waals surface area contributed by atoms with Gasteiger partial charge in [-0.3, -0.25) is 0 Å². The van der Waals surface area contributed by atoms with Crippen LogP contribution in [0.15, 0.2) is 12.2 Å². The van der Waals surface area contributed by atoms with E-state index in [4.69, 9.17) is 5.11 Å². The maximum absolute atomic E-state index is 9.51.